The molecule has 3 aromatic rings. The molecule has 0 aliphatic carbocycles. The van der Waals surface area contributed by atoms with Gasteiger partial charge in [0, 0.05) is 49.2 Å². The number of hydrogen-bond donors (Lipinski definition) is 3. The first-order valence-electron chi connectivity index (χ1n) is 8.84. The molecule has 2 aromatic heterocycles. The van der Waals surface area contributed by atoms with Gasteiger partial charge in [0.15, 0.2) is 5.65 Å². The Bertz CT molecular complexity index is 948. The van der Waals surface area contributed by atoms with Crippen molar-refractivity contribution in [1.29, 1.82) is 0 Å². The van der Waals surface area contributed by atoms with E-state index < -0.39 is 5.82 Å². The largest absolute Gasteiger partial charge is 0.508 e. The molecule has 4 rings (SSSR count). The Morgan fingerprint density at radius 1 is 1.23 bits per heavy atom. The van der Waals surface area contributed by atoms with E-state index in [2.05, 4.69) is 32.3 Å². The Hall–Kier alpha value is -2.51. The Labute approximate surface area is 151 Å². The molecule has 26 heavy (non-hydrogen) atoms. The van der Waals surface area contributed by atoms with Crippen LogP contribution in [0.4, 0.5) is 4.39 Å². The molecule has 0 spiro atoms. The second-order valence-corrected chi connectivity index (χ2v) is 6.76. The van der Waals surface area contributed by atoms with Gasteiger partial charge in [-0.25, -0.2) is 9.37 Å². The minimum absolute atomic E-state index is 0.0980. The van der Waals surface area contributed by atoms with Gasteiger partial charge in [0.1, 0.15) is 11.6 Å². The fourth-order valence-corrected chi connectivity index (χ4v) is 3.66. The highest BCUT2D eigenvalue weighted by Crippen LogP contribution is 2.33. The number of piperazine rings is 1. The van der Waals surface area contributed by atoms with Crippen molar-refractivity contribution in [1.82, 2.24) is 25.4 Å². The van der Waals surface area contributed by atoms with E-state index in [0.29, 0.717) is 16.9 Å². The number of benzene rings is 1. The summed E-state index contributed by atoms with van der Waals surface area (Å²) in [6.07, 6.45) is 0. The smallest absolute Gasteiger partial charge is 0.156 e. The number of pyridine rings is 1. The van der Waals surface area contributed by atoms with Crippen LogP contribution in [-0.4, -0.2) is 51.4 Å². The molecule has 3 heterocycles. The Balaban J connectivity index is 1.86. The number of aromatic hydroxyl groups is 1. The zero-order valence-corrected chi connectivity index (χ0v) is 14.9. The maximum absolute atomic E-state index is 14.4. The van der Waals surface area contributed by atoms with Gasteiger partial charge in [0.25, 0.3) is 0 Å². The molecule has 1 aliphatic heterocycles. The van der Waals surface area contributed by atoms with Crippen molar-refractivity contribution in [3.05, 3.63) is 41.3 Å². The SMILES string of the molecule is Cc1n[nH]c2nc(-c3ccc(O)cc3F)cc(C(C)N3CCNCC3)c12. The lowest BCUT2D eigenvalue weighted by molar-refractivity contribution is 0.186. The number of hydrogen-bond acceptors (Lipinski definition) is 5. The average Bonchev–Trinajstić information content (AvgIpc) is 3.02. The highest BCUT2D eigenvalue weighted by Gasteiger charge is 2.23. The second-order valence-electron chi connectivity index (χ2n) is 6.76. The van der Waals surface area contributed by atoms with Crippen LogP contribution in [0.5, 0.6) is 5.75 Å². The van der Waals surface area contributed by atoms with Crippen LogP contribution in [0.15, 0.2) is 24.3 Å². The number of phenols is 1. The van der Waals surface area contributed by atoms with Gasteiger partial charge in [-0.15, -0.1) is 0 Å². The van der Waals surface area contributed by atoms with Gasteiger partial charge in [-0.1, -0.05) is 0 Å². The number of nitrogens with one attached hydrogen (secondary N) is 2. The minimum Gasteiger partial charge on any atom is -0.508 e. The second kappa shape index (κ2) is 6.66. The zero-order chi connectivity index (χ0) is 18.3. The molecule has 1 aliphatic rings. The van der Waals surface area contributed by atoms with Gasteiger partial charge < -0.3 is 10.4 Å². The van der Waals surface area contributed by atoms with Crippen LogP contribution in [0, 0.1) is 12.7 Å². The van der Waals surface area contributed by atoms with Gasteiger partial charge in [0.2, 0.25) is 0 Å². The van der Waals surface area contributed by atoms with Crippen LogP contribution >= 0.6 is 0 Å². The van der Waals surface area contributed by atoms with E-state index in [1.165, 1.54) is 6.07 Å². The van der Waals surface area contributed by atoms with E-state index in [1.54, 1.807) is 6.07 Å². The van der Waals surface area contributed by atoms with Crippen molar-refractivity contribution >= 4 is 11.0 Å². The maximum atomic E-state index is 14.4. The molecule has 0 amide bonds. The number of rotatable bonds is 3. The predicted octanol–water partition coefficient (Wildman–Crippen LogP) is 2.74. The van der Waals surface area contributed by atoms with E-state index in [-0.39, 0.29) is 11.8 Å². The summed E-state index contributed by atoms with van der Waals surface area (Å²) in [5.41, 5.74) is 3.54. The van der Waals surface area contributed by atoms with Crippen molar-refractivity contribution in [3.8, 4) is 17.0 Å². The van der Waals surface area contributed by atoms with Crippen LogP contribution in [0.2, 0.25) is 0 Å². The quantitative estimate of drug-likeness (QED) is 0.673. The number of H-pyrrole nitrogens is 1. The Kier molecular flexibility index (Phi) is 4.34. The van der Waals surface area contributed by atoms with Crippen LogP contribution < -0.4 is 5.32 Å². The molecule has 1 atom stereocenters. The van der Waals surface area contributed by atoms with Crippen molar-refractivity contribution in [3.63, 3.8) is 0 Å². The summed E-state index contributed by atoms with van der Waals surface area (Å²) in [6, 6.07) is 6.26. The van der Waals surface area contributed by atoms with Gasteiger partial charge >= 0.3 is 0 Å². The fraction of sp³-hybridized carbons (Fsp3) is 0.368. The lowest BCUT2D eigenvalue weighted by atomic mass is 9.99. The van der Waals surface area contributed by atoms with E-state index in [1.807, 2.05) is 13.0 Å². The summed E-state index contributed by atoms with van der Waals surface area (Å²) >= 11 is 0. The third-order valence-corrected chi connectivity index (χ3v) is 5.12. The number of aryl methyl sites for hydroxylation is 1. The number of nitrogens with zero attached hydrogens (tertiary/aromatic N) is 3. The summed E-state index contributed by atoms with van der Waals surface area (Å²) in [6.45, 7) is 7.97. The first-order chi connectivity index (χ1) is 12.5. The normalized spacial score (nSPS) is 16.9. The number of fused-ring (bicyclic) bond motifs is 1. The highest BCUT2D eigenvalue weighted by molar-refractivity contribution is 5.85. The third kappa shape index (κ3) is 2.93. The van der Waals surface area contributed by atoms with E-state index in [9.17, 15) is 9.50 Å². The maximum Gasteiger partial charge on any atom is 0.156 e. The van der Waals surface area contributed by atoms with E-state index in [4.69, 9.17) is 0 Å². The Morgan fingerprint density at radius 2 is 2.00 bits per heavy atom. The highest BCUT2D eigenvalue weighted by atomic mass is 19.1. The van der Waals surface area contributed by atoms with E-state index >= 15 is 0 Å². The monoisotopic (exact) mass is 355 g/mol. The molecule has 7 heteroatoms. The van der Waals surface area contributed by atoms with Crippen LogP contribution in [0.1, 0.15) is 24.2 Å². The summed E-state index contributed by atoms with van der Waals surface area (Å²) in [5, 5.41) is 21.1. The van der Waals surface area contributed by atoms with Crippen molar-refractivity contribution in [2.24, 2.45) is 0 Å². The standard InChI is InChI=1S/C19H22FN5O/c1-11-18-15(12(2)25-7-5-21-6-8-25)10-17(22-19(18)24-23-11)14-4-3-13(26)9-16(14)20/h3-4,9-10,12,21,26H,5-8H2,1-2H3,(H,22,23,24). The van der Waals surface area contributed by atoms with Gasteiger partial charge in [-0.3, -0.25) is 10.00 Å². The van der Waals surface area contributed by atoms with Gasteiger partial charge in [-0.2, -0.15) is 5.10 Å². The number of aromatic amines is 1. The molecule has 1 aromatic carbocycles. The molecule has 1 fully saturated rings. The molecule has 1 unspecified atom stereocenters. The summed E-state index contributed by atoms with van der Waals surface area (Å²) in [5.74, 6) is -0.590. The van der Waals surface area contributed by atoms with Gasteiger partial charge in [-0.05, 0) is 37.6 Å². The zero-order valence-electron chi connectivity index (χ0n) is 14.9. The summed E-state index contributed by atoms with van der Waals surface area (Å²) < 4.78 is 14.4. The fourth-order valence-electron chi connectivity index (χ4n) is 3.66. The average molecular weight is 355 g/mol. The molecule has 0 saturated carbocycles. The summed E-state index contributed by atoms with van der Waals surface area (Å²) in [4.78, 5) is 6.99. The third-order valence-electron chi connectivity index (χ3n) is 5.12. The first-order valence-corrected chi connectivity index (χ1v) is 8.84. The molecule has 136 valence electrons. The minimum atomic E-state index is -0.492. The van der Waals surface area contributed by atoms with Crippen molar-refractivity contribution < 1.29 is 9.50 Å². The van der Waals surface area contributed by atoms with Crippen molar-refractivity contribution in [2.45, 2.75) is 19.9 Å². The number of aromatic nitrogens is 3. The van der Waals surface area contributed by atoms with Crippen LogP contribution in [0.25, 0.3) is 22.3 Å². The molecular formula is C19H22FN5O. The molecule has 0 bridgehead atoms. The Morgan fingerprint density at radius 3 is 2.73 bits per heavy atom. The predicted molar refractivity (Wildman–Crippen MR) is 98.5 cm³/mol. The topological polar surface area (TPSA) is 77.1 Å². The molecule has 3 N–H and O–H groups in total. The van der Waals surface area contributed by atoms with Crippen LogP contribution in [0.3, 0.4) is 0 Å². The molecule has 1 saturated heterocycles. The summed E-state index contributed by atoms with van der Waals surface area (Å²) in [7, 11) is 0. The molecule has 6 nitrogen and oxygen atoms in total. The number of phenolic OH excluding ortho intramolecular Hbond substituents is 1. The van der Waals surface area contributed by atoms with Gasteiger partial charge in [0.05, 0.1) is 11.4 Å². The number of halogens is 1. The first kappa shape index (κ1) is 16.9. The lowest BCUT2D eigenvalue weighted by Gasteiger charge is -2.33. The van der Waals surface area contributed by atoms with E-state index in [0.717, 1.165) is 48.9 Å². The molecule has 0 radical (unpaired) electrons. The molecular weight excluding hydrogens is 333 g/mol. The lowest BCUT2D eigenvalue weighted by Crippen LogP contribution is -2.44. The van der Waals surface area contributed by atoms with Crippen molar-refractivity contribution in [2.75, 3.05) is 26.2 Å². The van der Waals surface area contributed by atoms with Crippen LogP contribution in [-0.2, 0) is 0 Å².